The van der Waals surface area contributed by atoms with Gasteiger partial charge < -0.3 is 50.0 Å². The molecule has 16 heteroatoms. The first kappa shape index (κ1) is 39.0. The van der Waals surface area contributed by atoms with Gasteiger partial charge in [0.05, 0.1) is 46.2 Å². The molecule has 0 bridgehead atoms. The van der Waals surface area contributed by atoms with E-state index in [2.05, 4.69) is 16.0 Å². The molecule has 0 aromatic heterocycles. The summed E-state index contributed by atoms with van der Waals surface area (Å²) in [6.07, 6.45) is 0.858. The summed E-state index contributed by atoms with van der Waals surface area (Å²) in [7, 11) is 0. The molecular weight excluding hydrogens is 560 g/mol. The van der Waals surface area contributed by atoms with Gasteiger partial charge in [-0.1, -0.05) is 6.92 Å². The third-order valence-corrected chi connectivity index (χ3v) is 5.24. The molecule has 42 heavy (non-hydrogen) atoms. The average Bonchev–Trinajstić information content (AvgIpc) is 2.98. The highest BCUT2D eigenvalue weighted by molar-refractivity contribution is 5.86. The fourth-order valence-corrected chi connectivity index (χ4v) is 3.04. The molecule has 242 valence electrons. The van der Waals surface area contributed by atoms with Crippen molar-refractivity contribution in [2.45, 2.75) is 32.6 Å². The number of hydrogen-bond donors (Lipinski definition) is 5. The quantitative estimate of drug-likeness (QED) is 0.0561. The molecule has 16 nitrogen and oxygen atoms in total. The third kappa shape index (κ3) is 23.7. The zero-order chi connectivity index (χ0) is 31.4. The van der Waals surface area contributed by atoms with E-state index in [1.165, 1.54) is 4.90 Å². The van der Waals surface area contributed by atoms with Gasteiger partial charge in [-0.15, -0.1) is 0 Å². The molecule has 0 rings (SSSR count). The first-order chi connectivity index (χ1) is 20.2. The maximum Gasteiger partial charge on any atom is 0.241 e. The zero-order valence-electron chi connectivity index (χ0n) is 24.4. The van der Waals surface area contributed by atoms with Gasteiger partial charge in [0.2, 0.25) is 23.6 Å². The number of Topliss-reactive ketones (excluding diaryl/α,β-unsaturated/α-hetero) is 2. The van der Waals surface area contributed by atoms with E-state index < -0.39 is 30.7 Å². The van der Waals surface area contributed by atoms with Gasteiger partial charge >= 0.3 is 0 Å². The molecule has 0 fully saturated rings. The molecule has 0 aliphatic carbocycles. The van der Waals surface area contributed by atoms with Crippen molar-refractivity contribution in [3.8, 4) is 0 Å². The summed E-state index contributed by atoms with van der Waals surface area (Å²) in [6, 6.07) is 0. The van der Waals surface area contributed by atoms with E-state index in [-0.39, 0.29) is 123 Å². The molecule has 0 saturated heterocycles. The lowest BCUT2D eigenvalue weighted by atomic mass is 10.3. The van der Waals surface area contributed by atoms with Gasteiger partial charge in [-0.25, -0.2) is 0 Å². The second-order valence-corrected chi connectivity index (χ2v) is 8.83. The Hall–Kier alpha value is -3.02. The van der Waals surface area contributed by atoms with Crippen LogP contribution < -0.4 is 16.0 Å². The molecule has 0 heterocycles. The van der Waals surface area contributed by atoms with E-state index in [0.29, 0.717) is 6.42 Å². The minimum Gasteiger partial charge on any atom is -0.388 e. The summed E-state index contributed by atoms with van der Waals surface area (Å²) in [4.78, 5) is 72.0. The standard InChI is InChI=1S/C26H46N4O12/c1-2-3-23(35)29-16-26(38)30(8-4-24(36)27-6-10-39-12-14-41-19-21(33)17-31)9-5-25(37)28-7-11-40-13-15-42-20-22(34)18-32/h31-32H,2-20H2,1H3,(H,27,36)(H,28,37)(H,29,35). The highest BCUT2D eigenvalue weighted by Crippen LogP contribution is 1.98. The number of nitrogens with one attached hydrogen (secondary N) is 3. The maximum absolute atomic E-state index is 12.7. The first-order valence-electron chi connectivity index (χ1n) is 13.9. The van der Waals surface area contributed by atoms with Crippen molar-refractivity contribution in [3.05, 3.63) is 0 Å². The van der Waals surface area contributed by atoms with Crippen molar-refractivity contribution < 1.29 is 57.9 Å². The van der Waals surface area contributed by atoms with Gasteiger partial charge in [-0.2, -0.15) is 0 Å². The Labute approximate surface area is 245 Å². The molecule has 5 N–H and O–H groups in total. The predicted molar refractivity (Wildman–Crippen MR) is 147 cm³/mol. The number of aliphatic hydroxyl groups excluding tert-OH is 2. The lowest BCUT2D eigenvalue weighted by Crippen LogP contribution is -2.43. The van der Waals surface area contributed by atoms with Crippen LogP contribution >= 0.6 is 0 Å². The average molecular weight is 607 g/mol. The SMILES string of the molecule is CCCC(=O)NCC(=O)N(CCC(=O)NCCOCCOCC(=O)CO)CCC(=O)NCCOCCOCC(=O)CO. The van der Waals surface area contributed by atoms with Crippen LogP contribution in [0.2, 0.25) is 0 Å². The summed E-state index contributed by atoms with van der Waals surface area (Å²) in [5.74, 6) is -2.22. The van der Waals surface area contributed by atoms with Gasteiger partial charge in [0.25, 0.3) is 0 Å². The summed E-state index contributed by atoms with van der Waals surface area (Å²) < 4.78 is 20.6. The van der Waals surface area contributed by atoms with E-state index in [9.17, 15) is 28.8 Å². The highest BCUT2D eigenvalue weighted by atomic mass is 16.5. The van der Waals surface area contributed by atoms with Crippen LogP contribution in [-0.4, -0.2) is 149 Å². The Bertz CT molecular complexity index is 764. The molecule has 4 amide bonds. The van der Waals surface area contributed by atoms with Crippen LogP contribution in [0.15, 0.2) is 0 Å². The largest absolute Gasteiger partial charge is 0.388 e. The molecule has 0 saturated carbocycles. The Morgan fingerprint density at radius 2 is 1.02 bits per heavy atom. The second-order valence-electron chi connectivity index (χ2n) is 8.83. The Morgan fingerprint density at radius 3 is 1.45 bits per heavy atom. The molecule has 0 aliphatic rings. The summed E-state index contributed by atoms with van der Waals surface area (Å²) in [5.41, 5.74) is 0. The fraction of sp³-hybridized carbons (Fsp3) is 0.769. The normalized spacial score (nSPS) is 10.6. The highest BCUT2D eigenvalue weighted by Gasteiger charge is 2.17. The number of carbonyl (C=O) groups excluding carboxylic acids is 6. The van der Waals surface area contributed by atoms with Crippen LogP contribution in [0, 0.1) is 0 Å². The number of hydrogen-bond acceptors (Lipinski definition) is 12. The number of carbonyl (C=O) groups is 6. The van der Waals surface area contributed by atoms with Crippen molar-refractivity contribution in [2.24, 2.45) is 0 Å². The first-order valence-corrected chi connectivity index (χ1v) is 13.9. The van der Waals surface area contributed by atoms with Crippen molar-refractivity contribution in [1.82, 2.24) is 20.9 Å². The number of amides is 4. The summed E-state index contributed by atoms with van der Waals surface area (Å²) >= 11 is 0. The maximum atomic E-state index is 12.7. The Kier molecular flexibility index (Phi) is 24.9. The number of nitrogens with zero attached hydrogens (tertiary/aromatic N) is 1. The van der Waals surface area contributed by atoms with E-state index >= 15 is 0 Å². The minimum atomic E-state index is -0.580. The van der Waals surface area contributed by atoms with E-state index in [1.54, 1.807) is 0 Å². The van der Waals surface area contributed by atoms with Crippen molar-refractivity contribution in [3.63, 3.8) is 0 Å². The number of ether oxygens (including phenoxy) is 4. The van der Waals surface area contributed by atoms with Crippen LogP contribution in [0.1, 0.15) is 32.6 Å². The molecule has 0 atom stereocenters. The minimum absolute atomic E-state index is 0.0253. The molecule has 0 radical (unpaired) electrons. The third-order valence-electron chi connectivity index (χ3n) is 5.24. The van der Waals surface area contributed by atoms with Crippen LogP contribution in [0.3, 0.4) is 0 Å². The molecular formula is C26H46N4O12. The van der Waals surface area contributed by atoms with Crippen LogP contribution in [0.25, 0.3) is 0 Å². The summed E-state index contributed by atoms with van der Waals surface area (Å²) in [6.45, 7) is 1.69. The lowest BCUT2D eigenvalue weighted by molar-refractivity contribution is -0.134. The van der Waals surface area contributed by atoms with Gasteiger partial charge in [-0.05, 0) is 6.42 Å². The van der Waals surface area contributed by atoms with Crippen molar-refractivity contribution in [1.29, 1.82) is 0 Å². The van der Waals surface area contributed by atoms with Crippen LogP contribution in [0.5, 0.6) is 0 Å². The monoisotopic (exact) mass is 606 g/mol. The van der Waals surface area contributed by atoms with Crippen molar-refractivity contribution >= 4 is 35.2 Å². The van der Waals surface area contributed by atoms with Crippen LogP contribution in [-0.2, 0) is 47.7 Å². The van der Waals surface area contributed by atoms with Gasteiger partial charge in [0, 0.05) is 45.4 Å². The van der Waals surface area contributed by atoms with Crippen molar-refractivity contribution in [2.75, 3.05) is 98.8 Å². The Balaban J connectivity index is 4.36. The molecule has 0 aromatic carbocycles. The summed E-state index contributed by atoms with van der Waals surface area (Å²) in [5, 5.41) is 25.1. The molecule has 0 spiro atoms. The fourth-order valence-electron chi connectivity index (χ4n) is 3.04. The van der Waals surface area contributed by atoms with Gasteiger partial charge in [0.15, 0.2) is 11.6 Å². The molecule has 0 aromatic rings. The number of rotatable bonds is 28. The predicted octanol–water partition coefficient (Wildman–Crippen LogP) is -3.07. The molecule has 0 unspecified atom stereocenters. The second kappa shape index (κ2) is 26.9. The Morgan fingerprint density at radius 1 is 0.595 bits per heavy atom. The topological polar surface area (TPSA) is 219 Å². The van der Waals surface area contributed by atoms with E-state index in [4.69, 9.17) is 29.2 Å². The van der Waals surface area contributed by atoms with Gasteiger partial charge in [-0.3, -0.25) is 28.8 Å². The van der Waals surface area contributed by atoms with E-state index in [1.807, 2.05) is 6.92 Å². The zero-order valence-corrected chi connectivity index (χ0v) is 24.4. The number of aliphatic hydroxyl groups is 2. The van der Waals surface area contributed by atoms with Crippen LogP contribution in [0.4, 0.5) is 0 Å². The van der Waals surface area contributed by atoms with E-state index in [0.717, 1.165) is 0 Å². The number of ketones is 2. The lowest BCUT2D eigenvalue weighted by Gasteiger charge is -2.22. The smallest absolute Gasteiger partial charge is 0.241 e. The molecule has 0 aliphatic heterocycles. The van der Waals surface area contributed by atoms with Gasteiger partial charge in [0.1, 0.15) is 26.4 Å².